The lowest BCUT2D eigenvalue weighted by Gasteiger charge is -2.12. The van der Waals surface area contributed by atoms with Gasteiger partial charge in [0.25, 0.3) is 5.91 Å². The van der Waals surface area contributed by atoms with Gasteiger partial charge in [0.2, 0.25) is 0 Å². The first-order valence-electron chi connectivity index (χ1n) is 5.23. The SMILES string of the molecule is O=C(NCC1(CO)CC1)c1c[nH]ccc1=O. The molecule has 1 aliphatic carbocycles. The summed E-state index contributed by atoms with van der Waals surface area (Å²) in [5, 5.41) is 11.7. The zero-order chi connectivity index (χ0) is 11.6. The molecule has 0 aromatic carbocycles. The lowest BCUT2D eigenvalue weighted by Crippen LogP contribution is -2.34. The molecule has 1 aromatic rings. The Balaban J connectivity index is 1.99. The van der Waals surface area contributed by atoms with Gasteiger partial charge in [0.05, 0.1) is 6.61 Å². The van der Waals surface area contributed by atoms with Gasteiger partial charge in [0.1, 0.15) is 5.56 Å². The second-order valence-electron chi connectivity index (χ2n) is 4.26. The molecule has 0 atom stereocenters. The van der Waals surface area contributed by atoms with Crippen molar-refractivity contribution in [3.8, 4) is 0 Å². The van der Waals surface area contributed by atoms with Gasteiger partial charge in [-0.1, -0.05) is 0 Å². The highest BCUT2D eigenvalue weighted by molar-refractivity contribution is 5.93. The standard InChI is InChI=1S/C11H14N2O3/c14-7-11(2-3-11)6-13-10(16)8-5-12-4-1-9(8)15/h1,4-5,14H,2-3,6-7H2,(H,12,15)(H,13,16). The number of carbonyl (C=O) groups excluding carboxylic acids is 1. The van der Waals surface area contributed by atoms with Crippen LogP contribution in [0.1, 0.15) is 23.2 Å². The number of pyridine rings is 1. The molecule has 16 heavy (non-hydrogen) atoms. The smallest absolute Gasteiger partial charge is 0.256 e. The number of aromatic amines is 1. The molecule has 2 rings (SSSR count). The summed E-state index contributed by atoms with van der Waals surface area (Å²) in [5.41, 5.74) is -0.335. The second-order valence-corrected chi connectivity index (χ2v) is 4.26. The van der Waals surface area contributed by atoms with Gasteiger partial charge in [0, 0.05) is 30.4 Å². The van der Waals surface area contributed by atoms with Crippen LogP contribution in [0.2, 0.25) is 0 Å². The molecule has 0 radical (unpaired) electrons. The Bertz CT molecular complexity index is 449. The highest BCUT2D eigenvalue weighted by Crippen LogP contribution is 2.44. The third-order valence-electron chi connectivity index (χ3n) is 2.99. The molecular formula is C11H14N2O3. The van der Waals surface area contributed by atoms with E-state index in [4.69, 9.17) is 5.11 Å². The van der Waals surface area contributed by atoms with E-state index >= 15 is 0 Å². The number of aliphatic hydroxyl groups is 1. The average Bonchev–Trinajstić information content (AvgIpc) is 3.07. The first-order chi connectivity index (χ1) is 7.67. The number of carbonyl (C=O) groups is 1. The lowest BCUT2D eigenvalue weighted by atomic mass is 10.1. The lowest BCUT2D eigenvalue weighted by molar-refractivity contribution is 0.0934. The van der Waals surface area contributed by atoms with Gasteiger partial charge < -0.3 is 15.4 Å². The summed E-state index contributed by atoms with van der Waals surface area (Å²) in [7, 11) is 0. The molecule has 0 bridgehead atoms. The van der Waals surface area contributed by atoms with Crippen LogP contribution in [0.25, 0.3) is 0 Å². The molecule has 1 amide bonds. The Kier molecular flexibility index (Phi) is 2.78. The molecule has 1 aromatic heterocycles. The fraction of sp³-hybridized carbons (Fsp3) is 0.455. The first kappa shape index (κ1) is 10.9. The minimum absolute atomic E-state index is 0.0818. The van der Waals surface area contributed by atoms with Gasteiger partial charge in [-0.2, -0.15) is 0 Å². The molecule has 0 spiro atoms. The maximum absolute atomic E-state index is 11.6. The van der Waals surface area contributed by atoms with Crippen LogP contribution in [0, 0.1) is 5.41 Å². The van der Waals surface area contributed by atoms with Crippen molar-refractivity contribution in [3.63, 3.8) is 0 Å². The summed E-state index contributed by atoms with van der Waals surface area (Å²) < 4.78 is 0. The van der Waals surface area contributed by atoms with E-state index in [0.717, 1.165) is 12.8 Å². The van der Waals surface area contributed by atoms with Crippen molar-refractivity contribution in [2.75, 3.05) is 13.2 Å². The number of H-pyrrole nitrogens is 1. The predicted molar refractivity (Wildman–Crippen MR) is 58.1 cm³/mol. The molecule has 0 unspecified atom stereocenters. The van der Waals surface area contributed by atoms with E-state index in [9.17, 15) is 9.59 Å². The van der Waals surface area contributed by atoms with E-state index in [1.54, 1.807) is 0 Å². The summed E-state index contributed by atoms with van der Waals surface area (Å²) >= 11 is 0. The molecule has 86 valence electrons. The van der Waals surface area contributed by atoms with Crippen molar-refractivity contribution in [1.29, 1.82) is 0 Å². The predicted octanol–water partition coefficient (Wildman–Crippen LogP) is -0.123. The highest BCUT2D eigenvalue weighted by atomic mass is 16.3. The molecular weight excluding hydrogens is 208 g/mol. The summed E-state index contributed by atoms with van der Waals surface area (Å²) in [6.07, 6.45) is 4.72. The third kappa shape index (κ3) is 2.14. The average molecular weight is 222 g/mol. The van der Waals surface area contributed by atoms with Crippen molar-refractivity contribution < 1.29 is 9.90 Å². The van der Waals surface area contributed by atoms with Crippen LogP contribution in [-0.2, 0) is 0 Å². The van der Waals surface area contributed by atoms with Crippen LogP contribution < -0.4 is 10.7 Å². The van der Waals surface area contributed by atoms with E-state index in [-0.39, 0.29) is 28.9 Å². The largest absolute Gasteiger partial charge is 0.396 e. The van der Waals surface area contributed by atoms with E-state index in [2.05, 4.69) is 10.3 Å². The highest BCUT2D eigenvalue weighted by Gasteiger charge is 2.42. The fourth-order valence-corrected chi connectivity index (χ4v) is 1.52. The second kappa shape index (κ2) is 4.09. The Hall–Kier alpha value is -1.62. The van der Waals surface area contributed by atoms with Crippen LogP contribution >= 0.6 is 0 Å². The van der Waals surface area contributed by atoms with Crippen molar-refractivity contribution in [1.82, 2.24) is 10.3 Å². The molecule has 3 N–H and O–H groups in total. The maximum atomic E-state index is 11.6. The summed E-state index contributed by atoms with van der Waals surface area (Å²) in [6, 6.07) is 1.31. The Morgan fingerprint density at radius 2 is 2.31 bits per heavy atom. The van der Waals surface area contributed by atoms with Crippen molar-refractivity contribution in [2.45, 2.75) is 12.8 Å². The molecule has 0 aliphatic heterocycles. The molecule has 1 saturated carbocycles. The molecule has 1 fully saturated rings. The quantitative estimate of drug-likeness (QED) is 0.664. The third-order valence-corrected chi connectivity index (χ3v) is 2.99. The zero-order valence-electron chi connectivity index (χ0n) is 8.82. The Labute approximate surface area is 92.5 Å². The van der Waals surface area contributed by atoms with Crippen molar-refractivity contribution >= 4 is 5.91 Å². The van der Waals surface area contributed by atoms with E-state index in [1.165, 1.54) is 18.5 Å². The minimum atomic E-state index is -0.387. The van der Waals surface area contributed by atoms with Crippen LogP contribution in [0.15, 0.2) is 23.3 Å². The van der Waals surface area contributed by atoms with Crippen molar-refractivity contribution in [3.05, 3.63) is 34.2 Å². The van der Waals surface area contributed by atoms with Gasteiger partial charge in [0.15, 0.2) is 5.43 Å². The molecule has 1 aliphatic rings. The Morgan fingerprint density at radius 1 is 1.56 bits per heavy atom. The zero-order valence-corrected chi connectivity index (χ0v) is 8.82. The summed E-state index contributed by atoms with van der Waals surface area (Å²) in [6.45, 7) is 0.509. The van der Waals surface area contributed by atoms with Gasteiger partial charge >= 0.3 is 0 Å². The number of amides is 1. The number of hydrogen-bond donors (Lipinski definition) is 3. The first-order valence-corrected chi connectivity index (χ1v) is 5.23. The van der Waals surface area contributed by atoms with Gasteiger partial charge in [-0.25, -0.2) is 0 Å². The minimum Gasteiger partial charge on any atom is -0.396 e. The maximum Gasteiger partial charge on any atom is 0.256 e. The van der Waals surface area contributed by atoms with Crippen LogP contribution in [0.5, 0.6) is 0 Å². The number of rotatable bonds is 4. The summed E-state index contributed by atoms with van der Waals surface area (Å²) in [4.78, 5) is 25.7. The van der Waals surface area contributed by atoms with E-state index in [1.807, 2.05) is 0 Å². The number of aromatic nitrogens is 1. The summed E-state index contributed by atoms with van der Waals surface area (Å²) in [5.74, 6) is -0.387. The van der Waals surface area contributed by atoms with Crippen LogP contribution in [-0.4, -0.2) is 29.1 Å². The number of hydrogen-bond acceptors (Lipinski definition) is 3. The monoisotopic (exact) mass is 222 g/mol. The molecule has 1 heterocycles. The van der Waals surface area contributed by atoms with E-state index in [0.29, 0.717) is 6.54 Å². The van der Waals surface area contributed by atoms with Gasteiger partial charge in [-0.3, -0.25) is 9.59 Å². The fourth-order valence-electron chi connectivity index (χ4n) is 1.52. The number of aliphatic hydroxyl groups excluding tert-OH is 1. The molecule has 0 saturated heterocycles. The van der Waals surface area contributed by atoms with Crippen LogP contribution in [0.3, 0.4) is 0 Å². The topological polar surface area (TPSA) is 82.2 Å². The Morgan fingerprint density at radius 3 is 2.88 bits per heavy atom. The molecule has 5 nitrogen and oxygen atoms in total. The van der Waals surface area contributed by atoms with Crippen molar-refractivity contribution in [2.24, 2.45) is 5.41 Å². The van der Waals surface area contributed by atoms with Crippen LogP contribution in [0.4, 0.5) is 0 Å². The number of nitrogens with one attached hydrogen (secondary N) is 2. The molecule has 5 heteroatoms. The van der Waals surface area contributed by atoms with Gasteiger partial charge in [-0.15, -0.1) is 0 Å². The van der Waals surface area contributed by atoms with E-state index < -0.39 is 0 Å². The normalized spacial score (nSPS) is 16.8. The van der Waals surface area contributed by atoms with Gasteiger partial charge in [-0.05, 0) is 12.8 Å².